The average molecular weight is 307 g/mol. The van der Waals surface area contributed by atoms with E-state index in [0.717, 1.165) is 23.0 Å². The van der Waals surface area contributed by atoms with Crippen LogP contribution < -0.4 is 5.32 Å². The van der Waals surface area contributed by atoms with Gasteiger partial charge in [0.05, 0.1) is 4.88 Å². The molecule has 1 amide bonds. The highest BCUT2D eigenvalue weighted by Crippen LogP contribution is 2.28. The van der Waals surface area contributed by atoms with Crippen molar-refractivity contribution in [2.24, 2.45) is 0 Å². The molecule has 6 heteroatoms. The van der Waals surface area contributed by atoms with Gasteiger partial charge in [-0.1, -0.05) is 6.07 Å². The van der Waals surface area contributed by atoms with Crippen molar-refractivity contribution in [2.75, 3.05) is 13.1 Å². The zero-order chi connectivity index (χ0) is 14.1. The lowest BCUT2D eigenvalue weighted by Crippen LogP contribution is -2.57. The van der Waals surface area contributed by atoms with E-state index in [1.807, 2.05) is 27.8 Å². The van der Waals surface area contributed by atoms with Gasteiger partial charge in [0.2, 0.25) is 0 Å². The van der Waals surface area contributed by atoms with Gasteiger partial charge in [-0.2, -0.15) is 0 Å². The monoisotopic (exact) mass is 307 g/mol. The zero-order valence-corrected chi connectivity index (χ0v) is 13.1. The molecule has 1 aliphatic heterocycles. The lowest BCUT2D eigenvalue weighted by Gasteiger charge is -2.38. The lowest BCUT2D eigenvalue weighted by molar-refractivity contribution is 0.0598. The van der Waals surface area contributed by atoms with E-state index in [9.17, 15) is 4.79 Å². The number of hydrogen-bond donors (Lipinski definition) is 1. The number of thiophene rings is 1. The number of thiazole rings is 1. The number of amides is 1. The molecule has 1 saturated heterocycles. The minimum atomic E-state index is 0.0462. The van der Waals surface area contributed by atoms with Gasteiger partial charge in [-0.3, -0.25) is 4.79 Å². The third-order valence-corrected chi connectivity index (χ3v) is 5.63. The maximum atomic E-state index is 12.6. The summed E-state index contributed by atoms with van der Waals surface area (Å²) < 4.78 is 0. The van der Waals surface area contributed by atoms with Gasteiger partial charge in [0, 0.05) is 30.6 Å². The van der Waals surface area contributed by atoms with E-state index in [2.05, 4.69) is 24.1 Å². The summed E-state index contributed by atoms with van der Waals surface area (Å²) in [5.41, 5.74) is 0.569. The highest BCUT2D eigenvalue weighted by molar-refractivity contribution is 7.20. The van der Waals surface area contributed by atoms with Crippen molar-refractivity contribution in [1.82, 2.24) is 15.2 Å². The van der Waals surface area contributed by atoms with Crippen molar-refractivity contribution >= 4 is 28.6 Å². The smallest absolute Gasteiger partial charge is 0.273 e. The van der Waals surface area contributed by atoms with Gasteiger partial charge >= 0.3 is 0 Å². The Morgan fingerprint density at radius 3 is 3.05 bits per heavy atom. The van der Waals surface area contributed by atoms with E-state index in [1.165, 1.54) is 11.3 Å². The fourth-order valence-electron chi connectivity index (χ4n) is 2.38. The van der Waals surface area contributed by atoms with E-state index in [1.54, 1.807) is 11.3 Å². The summed E-state index contributed by atoms with van der Waals surface area (Å²) in [6, 6.07) is 4.56. The third-order valence-electron chi connectivity index (χ3n) is 3.75. The molecule has 1 aliphatic rings. The molecule has 4 nitrogen and oxygen atoms in total. The first-order valence-electron chi connectivity index (χ1n) is 6.70. The molecule has 0 saturated carbocycles. The molecule has 0 aliphatic carbocycles. The van der Waals surface area contributed by atoms with Crippen molar-refractivity contribution < 1.29 is 4.79 Å². The van der Waals surface area contributed by atoms with Crippen LogP contribution in [0.5, 0.6) is 0 Å². The topological polar surface area (TPSA) is 45.2 Å². The Morgan fingerprint density at radius 2 is 2.30 bits per heavy atom. The second-order valence-corrected chi connectivity index (χ2v) is 6.80. The van der Waals surface area contributed by atoms with Gasteiger partial charge in [0.15, 0.2) is 0 Å². The van der Waals surface area contributed by atoms with Crippen LogP contribution in [0, 0.1) is 0 Å². The zero-order valence-electron chi connectivity index (χ0n) is 11.5. The fraction of sp³-hybridized carbons (Fsp3) is 0.429. The van der Waals surface area contributed by atoms with Crippen LogP contribution in [0.4, 0.5) is 0 Å². The normalized spacial score (nSPS) is 23.0. The maximum absolute atomic E-state index is 12.6. The van der Waals surface area contributed by atoms with Gasteiger partial charge in [0.1, 0.15) is 10.7 Å². The van der Waals surface area contributed by atoms with Crippen LogP contribution in [-0.4, -0.2) is 41.0 Å². The molecule has 106 valence electrons. The van der Waals surface area contributed by atoms with E-state index in [0.29, 0.717) is 11.7 Å². The molecular weight excluding hydrogens is 290 g/mol. The first-order valence-corrected chi connectivity index (χ1v) is 8.46. The first kappa shape index (κ1) is 13.7. The van der Waals surface area contributed by atoms with Crippen LogP contribution in [-0.2, 0) is 0 Å². The number of carbonyl (C=O) groups is 1. The number of nitrogens with one attached hydrogen (secondary N) is 1. The van der Waals surface area contributed by atoms with Crippen LogP contribution in [0.3, 0.4) is 0 Å². The molecule has 2 atom stereocenters. The molecule has 0 radical (unpaired) electrons. The molecule has 2 unspecified atom stereocenters. The SMILES string of the molecule is CC1NCCN(C(=O)c2csc(-c3cccs3)n2)C1C. The van der Waals surface area contributed by atoms with Gasteiger partial charge in [0.25, 0.3) is 5.91 Å². The Labute approximate surface area is 126 Å². The minimum Gasteiger partial charge on any atom is -0.332 e. The number of rotatable bonds is 2. The van der Waals surface area contributed by atoms with Crippen molar-refractivity contribution in [3.8, 4) is 9.88 Å². The molecule has 0 aromatic carbocycles. The predicted octanol–water partition coefficient (Wildman–Crippen LogP) is 2.69. The fourth-order valence-corrected chi connectivity index (χ4v) is 3.98. The number of aromatic nitrogens is 1. The molecule has 1 N–H and O–H groups in total. The highest BCUT2D eigenvalue weighted by Gasteiger charge is 2.29. The van der Waals surface area contributed by atoms with E-state index >= 15 is 0 Å². The van der Waals surface area contributed by atoms with Crippen LogP contribution in [0.15, 0.2) is 22.9 Å². The highest BCUT2D eigenvalue weighted by atomic mass is 32.1. The molecule has 0 bridgehead atoms. The molecule has 2 aromatic heterocycles. The molecule has 3 heterocycles. The first-order chi connectivity index (χ1) is 9.66. The van der Waals surface area contributed by atoms with E-state index in [-0.39, 0.29) is 11.9 Å². The summed E-state index contributed by atoms with van der Waals surface area (Å²) in [6.07, 6.45) is 0. The minimum absolute atomic E-state index is 0.0462. The second kappa shape index (κ2) is 5.63. The van der Waals surface area contributed by atoms with Crippen LogP contribution in [0.2, 0.25) is 0 Å². The van der Waals surface area contributed by atoms with E-state index < -0.39 is 0 Å². The van der Waals surface area contributed by atoms with Crippen LogP contribution >= 0.6 is 22.7 Å². The summed E-state index contributed by atoms with van der Waals surface area (Å²) in [5, 5.41) is 8.21. The maximum Gasteiger partial charge on any atom is 0.273 e. The largest absolute Gasteiger partial charge is 0.332 e. The summed E-state index contributed by atoms with van der Waals surface area (Å²) in [4.78, 5) is 20.1. The quantitative estimate of drug-likeness (QED) is 0.928. The van der Waals surface area contributed by atoms with Crippen molar-refractivity contribution in [3.63, 3.8) is 0 Å². The summed E-state index contributed by atoms with van der Waals surface area (Å²) in [5.74, 6) is 0.0462. The average Bonchev–Trinajstić information content (AvgIpc) is 3.11. The van der Waals surface area contributed by atoms with Crippen molar-refractivity contribution in [2.45, 2.75) is 25.9 Å². The van der Waals surface area contributed by atoms with Gasteiger partial charge in [-0.05, 0) is 25.3 Å². The Bertz CT molecular complexity index is 593. The second-order valence-electron chi connectivity index (χ2n) is 5.00. The van der Waals surface area contributed by atoms with Crippen LogP contribution in [0.1, 0.15) is 24.3 Å². The Morgan fingerprint density at radius 1 is 1.45 bits per heavy atom. The Kier molecular flexibility index (Phi) is 3.87. The summed E-state index contributed by atoms with van der Waals surface area (Å²) in [7, 11) is 0. The number of hydrogen-bond acceptors (Lipinski definition) is 5. The summed E-state index contributed by atoms with van der Waals surface area (Å²) >= 11 is 3.19. The molecule has 0 spiro atoms. The lowest BCUT2D eigenvalue weighted by atomic mass is 10.1. The number of nitrogens with zero attached hydrogens (tertiary/aromatic N) is 2. The standard InChI is InChI=1S/C14H17N3OS2/c1-9-10(2)17(6-5-15-9)14(18)11-8-20-13(16-11)12-4-3-7-19-12/h3-4,7-10,15H,5-6H2,1-2H3. The molecule has 1 fully saturated rings. The van der Waals surface area contributed by atoms with Gasteiger partial charge in [-0.25, -0.2) is 4.98 Å². The Balaban J connectivity index is 1.81. The Hall–Kier alpha value is -1.24. The van der Waals surface area contributed by atoms with Crippen LogP contribution in [0.25, 0.3) is 9.88 Å². The molecule has 20 heavy (non-hydrogen) atoms. The van der Waals surface area contributed by atoms with Crippen molar-refractivity contribution in [3.05, 3.63) is 28.6 Å². The van der Waals surface area contributed by atoms with Gasteiger partial charge < -0.3 is 10.2 Å². The molecular formula is C14H17N3OS2. The predicted molar refractivity (Wildman–Crippen MR) is 83.4 cm³/mol. The third kappa shape index (κ3) is 2.51. The number of piperazine rings is 1. The molecule has 2 aromatic rings. The van der Waals surface area contributed by atoms with E-state index in [4.69, 9.17) is 0 Å². The van der Waals surface area contributed by atoms with Crippen molar-refractivity contribution in [1.29, 1.82) is 0 Å². The summed E-state index contributed by atoms with van der Waals surface area (Å²) in [6.45, 7) is 5.79. The molecule has 3 rings (SSSR count). The number of carbonyl (C=O) groups excluding carboxylic acids is 1. The van der Waals surface area contributed by atoms with Gasteiger partial charge in [-0.15, -0.1) is 22.7 Å².